The van der Waals surface area contributed by atoms with E-state index in [0.29, 0.717) is 23.9 Å². The number of rotatable bonds is 5. The zero-order valence-corrected chi connectivity index (χ0v) is 33.0. The van der Waals surface area contributed by atoms with E-state index in [1.54, 1.807) is 38.3 Å². The first-order valence-electron chi connectivity index (χ1n) is 13.9. The van der Waals surface area contributed by atoms with Gasteiger partial charge in [0.25, 0.3) is 11.1 Å². The fourth-order valence-electron chi connectivity index (χ4n) is 4.54. The van der Waals surface area contributed by atoms with Crippen molar-refractivity contribution >= 4 is 82.4 Å². The minimum absolute atomic E-state index is 0. The van der Waals surface area contributed by atoms with E-state index in [4.69, 9.17) is 9.47 Å². The molecule has 8 nitrogen and oxygen atoms in total. The van der Waals surface area contributed by atoms with Crippen molar-refractivity contribution in [2.45, 2.75) is 66.2 Å². The number of hydrogen-bond donors (Lipinski definition) is 1. The summed E-state index contributed by atoms with van der Waals surface area (Å²) < 4.78 is 14.8. The molecule has 0 aliphatic carbocycles. The van der Waals surface area contributed by atoms with Crippen LogP contribution in [0.5, 0.6) is 0 Å². The van der Waals surface area contributed by atoms with Crippen LogP contribution >= 0.6 is 31.9 Å². The molecule has 0 amide bonds. The van der Waals surface area contributed by atoms with Crippen molar-refractivity contribution < 1.29 is 36.4 Å². The molecule has 2 aromatic carbocycles. The molecule has 0 radical (unpaired) electrons. The SMILES string of the molecule is C1CCOC1.CCOC(=O)Cn1c(C)cc2cc(Br)ccc2c1=O.Cc1cc2cc(Br)ccc2c(=O)n1CC(C)(C)O.[Br-].[CH3-].[Mg+2]. The van der Waals surface area contributed by atoms with Gasteiger partial charge in [0.15, 0.2) is 0 Å². The normalized spacial score (nSPS) is 12.0. The van der Waals surface area contributed by atoms with E-state index in [1.165, 1.54) is 17.4 Å². The quantitative estimate of drug-likeness (QED) is 0.189. The molecular weight excluding hydrogens is 784 g/mol. The number of fused-ring (bicyclic) bond motifs is 2. The third kappa shape index (κ3) is 12.9. The number of carbonyl (C=O) groups excluding carboxylic acids is 1. The van der Waals surface area contributed by atoms with Crippen LogP contribution in [0.1, 0.15) is 45.0 Å². The van der Waals surface area contributed by atoms with Gasteiger partial charge in [0.2, 0.25) is 0 Å². The molecule has 45 heavy (non-hydrogen) atoms. The molecule has 1 aliphatic heterocycles. The van der Waals surface area contributed by atoms with Gasteiger partial charge in [0, 0.05) is 44.3 Å². The van der Waals surface area contributed by atoms with Crippen molar-refractivity contribution in [2.75, 3.05) is 19.8 Å². The van der Waals surface area contributed by atoms with Crippen molar-refractivity contribution in [1.82, 2.24) is 9.13 Å². The van der Waals surface area contributed by atoms with Crippen LogP contribution in [-0.2, 0) is 27.4 Å². The Kier molecular flexibility index (Phi) is 19.3. The molecule has 2 aromatic heterocycles. The smallest absolute Gasteiger partial charge is 1.00 e. The second kappa shape index (κ2) is 20.0. The van der Waals surface area contributed by atoms with Crippen LogP contribution in [-0.4, -0.2) is 68.7 Å². The monoisotopic (exact) mass is 822 g/mol. The molecule has 4 aromatic rings. The van der Waals surface area contributed by atoms with Crippen LogP contribution in [0, 0.1) is 21.3 Å². The molecule has 0 spiro atoms. The molecule has 1 saturated heterocycles. The van der Waals surface area contributed by atoms with Crippen LogP contribution in [0.2, 0.25) is 0 Å². The average Bonchev–Trinajstić information content (AvgIpc) is 3.49. The van der Waals surface area contributed by atoms with Crippen LogP contribution in [0.3, 0.4) is 0 Å². The fraction of sp³-hybridized carbons (Fsp3) is 0.394. The summed E-state index contributed by atoms with van der Waals surface area (Å²) in [6.07, 6.45) is 2.56. The Morgan fingerprint density at radius 3 is 1.73 bits per heavy atom. The van der Waals surface area contributed by atoms with Crippen molar-refractivity contribution in [3.8, 4) is 0 Å². The second-order valence-corrected chi connectivity index (χ2v) is 12.6. The van der Waals surface area contributed by atoms with Crippen LogP contribution in [0.25, 0.3) is 21.5 Å². The Balaban J connectivity index is 0.000000703. The minimum Gasteiger partial charge on any atom is -1.00 e. The summed E-state index contributed by atoms with van der Waals surface area (Å²) in [7, 11) is 0. The van der Waals surface area contributed by atoms with E-state index in [0.717, 1.165) is 44.3 Å². The number of benzene rings is 2. The third-order valence-corrected chi connectivity index (χ3v) is 7.51. The number of carbonyl (C=O) groups is 1. The van der Waals surface area contributed by atoms with Gasteiger partial charge in [-0.05, 0) is 107 Å². The summed E-state index contributed by atoms with van der Waals surface area (Å²) in [4.78, 5) is 36.2. The maximum atomic E-state index is 12.4. The summed E-state index contributed by atoms with van der Waals surface area (Å²) >= 11 is 6.78. The molecule has 0 atom stereocenters. The van der Waals surface area contributed by atoms with E-state index < -0.39 is 11.6 Å². The number of aliphatic hydroxyl groups is 1. The minimum atomic E-state index is -0.905. The molecule has 3 heterocycles. The van der Waals surface area contributed by atoms with Gasteiger partial charge < -0.3 is 48.1 Å². The molecule has 0 saturated carbocycles. The van der Waals surface area contributed by atoms with Gasteiger partial charge in [-0.2, -0.15) is 0 Å². The standard InChI is InChI=1S/C14H14BrNO3.C14H16BrNO2.C4H8O.CH3.BrH.Mg/c1-3-19-13(17)8-16-9(2)6-10-7-11(15)4-5-12(10)14(16)18;1-9-6-10-7-11(15)4-5-12(10)13(17)16(9)8-14(2,3)18;1-2-4-5-3-1;;;/h4-7H,3,8H2,1-2H3;4-7,18H,8H2,1-3H3;1-4H2;1H3;1H;/q;;;-1;;+2/p-1. The molecule has 1 N–H and O–H groups in total. The predicted molar refractivity (Wildman–Crippen MR) is 186 cm³/mol. The fourth-order valence-corrected chi connectivity index (χ4v) is 5.30. The van der Waals surface area contributed by atoms with Crippen molar-refractivity contribution in [2.24, 2.45) is 0 Å². The summed E-state index contributed by atoms with van der Waals surface area (Å²) in [5, 5.41) is 12.9. The Hall–Kier alpha value is -1.54. The van der Waals surface area contributed by atoms with E-state index in [1.807, 2.05) is 49.4 Å². The van der Waals surface area contributed by atoms with E-state index in [9.17, 15) is 19.5 Å². The first-order chi connectivity index (χ1) is 19.8. The first kappa shape index (κ1) is 43.5. The summed E-state index contributed by atoms with van der Waals surface area (Å²) in [6.45, 7) is 11.4. The number of ether oxygens (including phenoxy) is 2. The molecule has 1 aliphatic rings. The molecule has 5 rings (SSSR count). The predicted octanol–water partition coefficient (Wildman–Crippen LogP) is 3.35. The largest absolute Gasteiger partial charge is 2.00 e. The molecule has 1 fully saturated rings. The molecule has 242 valence electrons. The number of halogens is 3. The van der Waals surface area contributed by atoms with E-state index >= 15 is 0 Å². The first-order valence-corrected chi connectivity index (χ1v) is 15.4. The number of esters is 1. The number of hydrogen-bond acceptors (Lipinski definition) is 6. The van der Waals surface area contributed by atoms with Crippen LogP contribution in [0.4, 0.5) is 0 Å². The third-order valence-electron chi connectivity index (χ3n) is 6.52. The van der Waals surface area contributed by atoms with Gasteiger partial charge in [-0.1, -0.05) is 31.9 Å². The molecular formula is C33H41Br3MgN2O6. The Labute approximate surface area is 308 Å². The van der Waals surface area contributed by atoms with Gasteiger partial charge in [-0.3, -0.25) is 14.4 Å². The van der Waals surface area contributed by atoms with Crippen LogP contribution < -0.4 is 28.1 Å². The second-order valence-electron chi connectivity index (χ2n) is 10.8. The zero-order valence-electron chi connectivity index (χ0n) is 26.8. The average molecular weight is 826 g/mol. The summed E-state index contributed by atoms with van der Waals surface area (Å²) in [5.41, 5.74) is 0.462. The Morgan fingerprint density at radius 1 is 0.889 bits per heavy atom. The Bertz CT molecular complexity index is 1670. The number of nitrogens with zero attached hydrogens (tertiary/aromatic N) is 2. The van der Waals surface area contributed by atoms with Crippen molar-refractivity contribution in [1.29, 1.82) is 0 Å². The van der Waals surface area contributed by atoms with Crippen molar-refractivity contribution in [3.05, 3.63) is 97.0 Å². The maximum absolute atomic E-state index is 12.4. The van der Waals surface area contributed by atoms with Crippen molar-refractivity contribution in [3.63, 3.8) is 0 Å². The summed E-state index contributed by atoms with van der Waals surface area (Å²) in [5.74, 6) is -0.399. The van der Waals surface area contributed by atoms with Gasteiger partial charge in [-0.25, -0.2) is 0 Å². The van der Waals surface area contributed by atoms with Gasteiger partial charge in [0.1, 0.15) is 6.54 Å². The number of aromatic nitrogens is 2. The topological polar surface area (TPSA) is 99.8 Å². The number of pyridine rings is 2. The van der Waals surface area contributed by atoms with E-state index in [2.05, 4.69) is 31.9 Å². The Morgan fingerprint density at radius 2 is 1.33 bits per heavy atom. The van der Waals surface area contributed by atoms with Gasteiger partial charge in [-0.15, -0.1) is 0 Å². The number of aryl methyl sites for hydroxylation is 2. The maximum Gasteiger partial charge on any atom is 2.00 e. The summed E-state index contributed by atoms with van der Waals surface area (Å²) in [6, 6.07) is 14.9. The molecule has 12 heteroatoms. The van der Waals surface area contributed by atoms with E-state index in [-0.39, 0.29) is 65.1 Å². The van der Waals surface area contributed by atoms with Gasteiger partial charge >= 0.3 is 29.0 Å². The molecule has 0 unspecified atom stereocenters. The molecule has 0 bridgehead atoms. The van der Waals surface area contributed by atoms with Gasteiger partial charge in [0.05, 0.1) is 18.8 Å². The zero-order chi connectivity index (χ0) is 31.0. The van der Waals surface area contributed by atoms with Crippen LogP contribution in [0.15, 0.2) is 67.1 Å².